The third-order valence-corrected chi connectivity index (χ3v) is 1.60. The van der Waals surface area contributed by atoms with Crippen LogP contribution in [0.3, 0.4) is 0 Å². The molecule has 4 nitrogen and oxygen atoms in total. The van der Waals surface area contributed by atoms with Gasteiger partial charge in [-0.1, -0.05) is 0 Å². The van der Waals surface area contributed by atoms with Crippen molar-refractivity contribution in [1.29, 1.82) is 0 Å². The SMILES string of the molecule is CC(=O)[C@@H](N)[C@@H](S)C(=O)O. The predicted octanol–water partition coefficient (Wildman–Crippen LogP) is -0.714. The Kier molecular flexibility index (Phi) is 3.38. The van der Waals surface area contributed by atoms with Crippen LogP contribution in [-0.4, -0.2) is 28.2 Å². The van der Waals surface area contributed by atoms with Gasteiger partial charge in [0, 0.05) is 0 Å². The Balaban J connectivity index is 4.07. The van der Waals surface area contributed by atoms with E-state index in [4.69, 9.17) is 10.8 Å². The van der Waals surface area contributed by atoms with Crippen LogP contribution in [0, 0.1) is 0 Å². The summed E-state index contributed by atoms with van der Waals surface area (Å²) in [4.78, 5) is 20.6. The number of ketones is 1. The molecule has 0 aromatic heterocycles. The highest BCUT2D eigenvalue weighted by molar-refractivity contribution is 7.81. The zero-order chi connectivity index (χ0) is 8.31. The summed E-state index contributed by atoms with van der Waals surface area (Å²) in [6, 6.07) is -1.01. The number of rotatable bonds is 3. The predicted molar refractivity (Wildman–Crippen MR) is 39.1 cm³/mol. The topological polar surface area (TPSA) is 80.4 Å². The highest BCUT2D eigenvalue weighted by atomic mass is 32.1. The molecule has 0 fully saturated rings. The second-order valence-corrected chi connectivity index (χ2v) is 2.48. The van der Waals surface area contributed by atoms with Gasteiger partial charge in [-0.05, 0) is 6.92 Å². The lowest BCUT2D eigenvalue weighted by molar-refractivity contribution is -0.138. The van der Waals surface area contributed by atoms with Gasteiger partial charge in [-0.2, -0.15) is 12.6 Å². The van der Waals surface area contributed by atoms with Crippen molar-refractivity contribution in [2.75, 3.05) is 0 Å². The molecule has 58 valence electrons. The molecule has 10 heavy (non-hydrogen) atoms. The lowest BCUT2D eigenvalue weighted by Gasteiger charge is -2.10. The molecule has 0 aliphatic heterocycles. The van der Waals surface area contributed by atoms with Crippen molar-refractivity contribution < 1.29 is 14.7 Å². The monoisotopic (exact) mass is 163 g/mol. The molecule has 0 spiro atoms. The van der Waals surface area contributed by atoms with Crippen LogP contribution in [0.2, 0.25) is 0 Å². The van der Waals surface area contributed by atoms with E-state index in [2.05, 4.69) is 12.6 Å². The second-order valence-electron chi connectivity index (χ2n) is 1.92. The van der Waals surface area contributed by atoms with E-state index in [0.29, 0.717) is 0 Å². The minimum Gasteiger partial charge on any atom is -0.480 e. The van der Waals surface area contributed by atoms with Crippen LogP contribution in [0.1, 0.15) is 6.92 Å². The van der Waals surface area contributed by atoms with E-state index >= 15 is 0 Å². The number of aliphatic carboxylic acids is 1. The fraction of sp³-hybridized carbons (Fsp3) is 0.600. The van der Waals surface area contributed by atoms with Gasteiger partial charge in [0.25, 0.3) is 0 Å². The van der Waals surface area contributed by atoms with Gasteiger partial charge in [-0.3, -0.25) is 9.59 Å². The number of Topliss-reactive ketones (excluding diaryl/α,β-unsaturated/α-hetero) is 1. The summed E-state index contributed by atoms with van der Waals surface area (Å²) in [5, 5.41) is 7.19. The number of nitrogens with two attached hydrogens (primary N) is 1. The van der Waals surface area contributed by atoms with E-state index in [9.17, 15) is 9.59 Å². The van der Waals surface area contributed by atoms with Gasteiger partial charge in [-0.15, -0.1) is 0 Å². The molecule has 2 atom stereocenters. The van der Waals surface area contributed by atoms with Crippen molar-refractivity contribution in [2.45, 2.75) is 18.2 Å². The standard InChI is InChI=1S/C5H9NO3S/c1-2(7)3(6)4(10)5(8)9/h3-4,10H,6H2,1H3,(H,8,9)/t3-,4-/m1/s1. The van der Waals surface area contributed by atoms with Gasteiger partial charge < -0.3 is 10.8 Å². The fourth-order valence-corrected chi connectivity index (χ4v) is 0.586. The molecule has 0 unspecified atom stereocenters. The van der Waals surface area contributed by atoms with Crippen LogP contribution in [0.25, 0.3) is 0 Å². The van der Waals surface area contributed by atoms with Crippen LogP contribution in [-0.2, 0) is 9.59 Å². The molecule has 0 saturated heterocycles. The first-order chi connectivity index (χ1) is 4.46. The highest BCUT2D eigenvalue weighted by Gasteiger charge is 2.23. The zero-order valence-electron chi connectivity index (χ0n) is 5.44. The Labute approximate surface area is 63.8 Å². The van der Waals surface area contributed by atoms with Crippen molar-refractivity contribution in [1.82, 2.24) is 0 Å². The number of carboxylic acid groups (broad SMARTS) is 1. The molecule has 0 amide bonds. The second kappa shape index (κ2) is 3.58. The molecule has 5 heteroatoms. The van der Waals surface area contributed by atoms with Crippen molar-refractivity contribution in [2.24, 2.45) is 5.73 Å². The average molecular weight is 163 g/mol. The van der Waals surface area contributed by atoms with Crippen molar-refractivity contribution in [3.05, 3.63) is 0 Å². The number of carbonyl (C=O) groups is 2. The first-order valence-corrected chi connectivity index (χ1v) is 3.15. The quantitative estimate of drug-likeness (QED) is 0.480. The number of hydrogen-bond acceptors (Lipinski definition) is 4. The summed E-state index contributed by atoms with van der Waals surface area (Å²) in [6.07, 6.45) is 0. The van der Waals surface area contributed by atoms with Crippen LogP contribution < -0.4 is 5.73 Å². The fourth-order valence-electron chi connectivity index (χ4n) is 0.376. The molecule has 0 aromatic rings. The Bertz CT molecular complexity index is 141. The first kappa shape index (κ1) is 9.45. The number of thiol groups is 1. The number of hydrogen-bond donors (Lipinski definition) is 3. The molecule has 3 N–H and O–H groups in total. The normalized spacial score (nSPS) is 15.9. The van der Waals surface area contributed by atoms with Gasteiger partial charge in [0.1, 0.15) is 11.0 Å². The lowest BCUT2D eigenvalue weighted by atomic mass is 10.1. The first-order valence-electron chi connectivity index (χ1n) is 2.63. The Morgan fingerprint density at radius 1 is 1.60 bits per heavy atom. The van der Waals surface area contributed by atoms with E-state index in [-0.39, 0.29) is 5.78 Å². The number of carboxylic acids is 1. The van der Waals surface area contributed by atoms with Crippen molar-refractivity contribution in [3.63, 3.8) is 0 Å². The molecule has 0 aliphatic rings. The summed E-state index contributed by atoms with van der Waals surface area (Å²) in [7, 11) is 0. The Hall–Kier alpha value is -0.550. The molecular formula is C5H9NO3S. The van der Waals surface area contributed by atoms with Crippen LogP contribution in [0.15, 0.2) is 0 Å². The van der Waals surface area contributed by atoms with Crippen LogP contribution in [0.5, 0.6) is 0 Å². The van der Waals surface area contributed by atoms with Gasteiger partial charge in [0.15, 0.2) is 0 Å². The number of carbonyl (C=O) groups excluding carboxylic acids is 1. The summed E-state index contributed by atoms with van der Waals surface area (Å²) in [6.45, 7) is 1.23. The van der Waals surface area contributed by atoms with Crippen LogP contribution >= 0.6 is 12.6 Å². The maximum atomic E-state index is 10.5. The average Bonchev–Trinajstić information content (AvgIpc) is 1.84. The van der Waals surface area contributed by atoms with Gasteiger partial charge >= 0.3 is 5.97 Å². The third kappa shape index (κ3) is 2.36. The van der Waals surface area contributed by atoms with E-state index in [1.54, 1.807) is 0 Å². The Morgan fingerprint density at radius 2 is 2.00 bits per heavy atom. The maximum Gasteiger partial charge on any atom is 0.318 e. The smallest absolute Gasteiger partial charge is 0.318 e. The Morgan fingerprint density at radius 3 is 2.10 bits per heavy atom. The van der Waals surface area contributed by atoms with E-state index in [1.807, 2.05) is 0 Å². The molecular weight excluding hydrogens is 154 g/mol. The molecule has 0 bridgehead atoms. The third-order valence-electron chi connectivity index (χ3n) is 1.06. The molecule has 0 radical (unpaired) electrons. The molecule has 0 rings (SSSR count). The zero-order valence-corrected chi connectivity index (χ0v) is 6.34. The minimum absolute atomic E-state index is 0.373. The summed E-state index contributed by atoms with van der Waals surface area (Å²) in [5.41, 5.74) is 5.15. The lowest BCUT2D eigenvalue weighted by Crippen LogP contribution is -2.41. The molecule has 0 aromatic carbocycles. The van der Waals surface area contributed by atoms with Crippen LogP contribution in [0.4, 0.5) is 0 Å². The van der Waals surface area contributed by atoms with E-state index < -0.39 is 17.3 Å². The maximum absolute atomic E-state index is 10.5. The minimum atomic E-state index is -1.17. The van der Waals surface area contributed by atoms with E-state index in [1.165, 1.54) is 6.92 Å². The van der Waals surface area contributed by atoms with Gasteiger partial charge in [-0.25, -0.2) is 0 Å². The molecule has 0 heterocycles. The molecule has 0 aliphatic carbocycles. The summed E-state index contributed by atoms with van der Waals surface area (Å²) in [5.74, 6) is -1.55. The van der Waals surface area contributed by atoms with Gasteiger partial charge in [0.05, 0.1) is 6.04 Å². The summed E-state index contributed by atoms with van der Waals surface area (Å²) < 4.78 is 0. The van der Waals surface area contributed by atoms with Crippen molar-refractivity contribution >= 4 is 24.4 Å². The van der Waals surface area contributed by atoms with Crippen molar-refractivity contribution in [3.8, 4) is 0 Å². The highest BCUT2D eigenvalue weighted by Crippen LogP contribution is 2.00. The van der Waals surface area contributed by atoms with Gasteiger partial charge in [0.2, 0.25) is 0 Å². The molecule has 0 saturated carbocycles. The summed E-state index contributed by atoms with van der Waals surface area (Å²) >= 11 is 3.61. The van der Waals surface area contributed by atoms with E-state index in [0.717, 1.165) is 0 Å². The largest absolute Gasteiger partial charge is 0.480 e.